The van der Waals surface area contributed by atoms with Gasteiger partial charge in [0, 0.05) is 11.6 Å². The number of likely N-dealkylation sites (tertiary alicyclic amines) is 1. The average molecular weight is 420 g/mol. The largest absolute Gasteiger partial charge is 0.507 e. The van der Waals surface area contributed by atoms with Crippen molar-refractivity contribution in [3.05, 3.63) is 70.8 Å². The number of hydrogen-bond acceptors (Lipinski definition) is 4. The van der Waals surface area contributed by atoms with E-state index in [1.165, 1.54) is 5.56 Å². The Labute approximate surface area is 183 Å². The van der Waals surface area contributed by atoms with Crippen LogP contribution in [0.15, 0.2) is 54.1 Å². The lowest BCUT2D eigenvalue weighted by Crippen LogP contribution is -2.40. The molecule has 4 rings (SSSR count). The number of hydrogen-bond donors (Lipinski definition) is 1. The molecule has 0 radical (unpaired) electrons. The molecule has 0 bridgehead atoms. The number of benzene rings is 2. The maximum absolute atomic E-state index is 13.2. The molecule has 0 aromatic heterocycles. The van der Waals surface area contributed by atoms with Crippen molar-refractivity contribution >= 4 is 17.4 Å². The third kappa shape index (κ3) is 3.97. The first-order chi connectivity index (χ1) is 15.0. The molecule has 2 aromatic rings. The number of aliphatic hydroxyl groups excluding tert-OH is 1. The number of aryl methyl sites for hydroxylation is 1. The predicted octanol–water partition coefficient (Wildman–Crippen LogP) is 5.01. The van der Waals surface area contributed by atoms with E-state index in [0.29, 0.717) is 11.3 Å². The van der Waals surface area contributed by atoms with E-state index in [4.69, 9.17) is 4.74 Å². The van der Waals surface area contributed by atoms with E-state index in [1.807, 2.05) is 24.3 Å². The number of carbonyl (C=O) groups excluding carboxylic acids is 2. The van der Waals surface area contributed by atoms with Gasteiger partial charge in [0.25, 0.3) is 11.7 Å². The fourth-order valence-corrected chi connectivity index (χ4v) is 4.77. The van der Waals surface area contributed by atoms with Crippen molar-refractivity contribution in [3.8, 4) is 5.75 Å². The molecular formula is C26H29NO4. The van der Waals surface area contributed by atoms with Gasteiger partial charge in [-0.25, -0.2) is 0 Å². The molecule has 1 atom stereocenters. The molecule has 1 amide bonds. The Morgan fingerprint density at radius 3 is 2.42 bits per heavy atom. The minimum absolute atomic E-state index is 0.0108. The molecule has 1 N–H and O–H groups in total. The lowest BCUT2D eigenvalue weighted by Gasteiger charge is -2.35. The summed E-state index contributed by atoms with van der Waals surface area (Å²) in [5, 5.41) is 11.2. The zero-order valence-corrected chi connectivity index (χ0v) is 18.1. The monoisotopic (exact) mass is 419 g/mol. The first-order valence-electron chi connectivity index (χ1n) is 11.1. The molecule has 31 heavy (non-hydrogen) atoms. The summed E-state index contributed by atoms with van der Waals surface area (Å²) in [6.45, 7) is 2.09. The second-order valence-corrected chi connectivity index (χ2v) is 8.33. The van der Waals surface area contributed by atoms with Crippen LogP contribution in [0.3, 0.4) is 0 Å². The van der Waals surface area contributed by atoms with Gasteiger partial charge >= 0.3 is 0 Å². The van der Waals surface area contributed by atoms with Crippen molar-refractivity contribution < 1.29 is 19.4 Å². The first-order valence-corrected chi connectivity index (χ1v) is 11.1. The lowest BCUT2D eigenvalue weighted by atomic mass is 9.90. The summed E-state index contributed by atoms with van der Waals surface area (Å²) in [6.07, 6.45) is 5.93. The molecule has 162 valence electrons. The van der Waals surface area contributed by atoms with Crippen LogP contribution < -0.4 is 4.74 Å². The predicted molar refractivity (Wildman–Crippen MR) is 120 cm³/mol. The number of ether oxygens (including phenoxy) is 1. The van der Waals surface area contributed by atoms with Crippen molar-refractivity contribution in [1.82, 2.24) is 4.90 Å². The van der Waals surface area contributed by atoms with E-state index in [2.05, 4.69) is 6.92 Å². The van der Waals surface area contributed by atoms with Gasteiger partial charge in [-0.15, -0.1) is 0 Å². The van der Waals surface area contributed by atoms with Gasteiger partial charge in [-0.1, -0.05) is 62.6 Å². The number of carbonyl (C=O) groups is 2. The number of nitrogens with zero attached hydrogens (tertiary/aromatic N) is 1. The van der Waals surface area contributed by atoms with Crippen LogP contribution in [0, 0.1) is 0 Å². The van der Waals surface area contributed by atoms with Gasteiger partial charge in [-0.05, 0) is 42.5 Å². The Hall–Kier alpha value is -3.08. The minimum atomic E-state index is -0.615. The standard InChI is InChI=1S/C26H29NO4/c1-3-17-12-14-18(15-13-17)23-22(24(28)19-8-7-11-21(16-19)31-2)25(29)26(30)27(23)20-9-5-4-6-10-20/h7-8,11-16,20,23,28H,3-6,9-10H2,1-2H3/b24-22-. The van der Waals surface area contributed by atoms with Gasteiger partial charge in [-0.3, -0.25) is 9.59 Å². The molecule has 1 aliphatic carbocycles. The van der Waals surface area contributed by atoms with Gasteiger partial charge in [0.1, 0.15) is 11.5 Å². The highest BCUT2D eigenvalue weighted by atomic mass is 16.5. The Morgan fingerprint density at radius 2 is 1.77 bits per heavy atom. The Morgan fingerprint density at radius 1 is 1.06 bits per heavy atom. The van der Waals surface area contributed by atoms with Crippen molar-refractivity contribution in [2.45, 2.75) is 57.5 Å². The molecule has 2 aliphatic rings. The quantitative estimate of drug-likeness (QED) is 0.420. The smallest absolute Gasteiger partial charge is 0.295 e. The molecule has 2 fully saturated rings. The fraction of sp³-hybridized carbons (Fsp3) is 0.385. The second-order valence-electron chi connectivity index (χ2n) is 8.33. The number of amides is 1. The van der Waals surface area contributed by atoms with Gasteiger partial charge in [0.15, 0.2) is 0 Å². The van der Waals surface area contributed by atoms with Crippen molar-refractivity contribution in [2.75, 3.05) is 7.11 Å². The Kier molecular flexibility index (Phi) is 6.12. The van der Waals surface area contributed by atoms with E-state index >= 15 is 0 Å². The average Bonchev–Trinajstić information content (AvgIpc) is 3.09. The highest BCUT2D eigenvalue weighted by molar-refractivity contribution is 6.46. The molecule has 5 heteroatoms. The van der Waals surface area contributed by atoms with Crippen LogP contribution in [0.2, 0.25) is 0 Å². The maximum Gasteiger partial charge on any atom is 0.295 e. The molecule has 1 aliphatic heterocycles. The van der Waals surface area contributed by atoms with Crippen molar-refractivity contribution in [2.24, 2.45) is 0 Å². The van der Waals surface area contributed by atoms with Gasteiger partial charge in [0.05, 0.1) is 18.7 Å². The fourth-order valence-electron chi connectivity index (χ4n) is 4.77. The highest BCUT2D eigenvalue weighted by Gasteiger charge is 2.48. The summed E-state index contributed by atoms with van der Waals surface area (Å²) in [7, 11) is 1.55. The summed E-state index contributed by atoms with van der Waals surface area (Å²) >= 11 is 0. The first kappa shape index (κ1) is 21.2. The normalized spacial score (nSPS) is 21.5. The van der Waals surface area contributed by atoms with E-state index in [-0.39, 0.29) is 17.4 Å². The number of rotatable bonds is 5. The van der Waals surface area contributed by atoms with Crippen molar-refractivity contribution in [1.29, 1.82) is 0 Å². The SMILES string of the molecule is CCc1ccc(C2/C(=C(/O)c3cccc(OC)c3)C(=O)C(=O)N2C2CCCCC2)cc1. The second kappa shape index (κ2) is 8.96. The maximum atomic E-state index is 13.2. The third-order valence-electron chi connectivity index (χ3n) is 6.50. The minimum Gasteiger partial charge on any atom is -0.507 e. The van der Waals surface area contributed by atoms with E-state index in [9.17, 15) is 14.7 Å². The number of Topliss-reactive ketones (excluding diaryl/α,β-unsaturated/α-hetero) is 1. The Bertz CT molecular complexity index is 1000. The van der Waals surface area contributed by atoms with Crippen LogP contribution in [0.25, 0.3) is 5.76 Å². The Balaban J connectivity index is 1.86. The number of methoxy groups -OCH3 is 1. The molecule has 1 saturated carbocycles. The van der Waals surface area contributed by atoms with Gasteiger partial charge in [-0.2, -0.15) is 0 Å². The molecule has 1 heterocycles. The van der Waals surface area contributed by atoms with E-state index < -0.39 is 17.7 Å². The zero-order valence-electron chi connectivity index (χ0n) is 18.1. The topological polar surface area (TPSA) is 66.8 Å². The third-order valence-corrected chi connectivity index (χ3v) is 6.50. The summed E-state index contributed by atoms with van der Waals surface area (Å²) in [5.41, 5.74) is 2.67. The number of aliphatic hydroxyl groups is 1. The molecule has 2 aromatic carbocycles. The van der Waals surface area contributed by atoms with Crippen molar-refractivity contribution in [3.63, 3.8) is 0 Å². The van der Waals surface area contributed by atoms with Crippen LogP contribution in [0.4, 0.5) is 0 Å². The van der Waals surface area contributed by atoms with Gasteiger partial charge < -0.3 is 14.7 Å². The number of ketones is 1. The summed E-state index contributed by atoms with van der Waals surface area (Å²) in [6, 6.07) is 14.4. The molecule has 0 spiro atoms. The summed E-state index contributed by atoms with van der Waals surface area (Å²) in [5.74, 6) is -0.703. The lowest BCUT2D eigenvalue weighted by molar-refractivity contribution is -0.141. The van der Waals surface area contributed by atoms with E-state index in [1.54, 1.807) is 36.3 Å². The van der Waals surface area contributed by atoms with Crippen LogP contribution in [0.1, 0.15) is 61.8 Å². The van der Waals surface area contributed by atoms with Crippen LogP contribution in [-0.2, 0) is 16.0 Å². The van der Waals surface area contributed by atoms with E-state index in [0.717, 1.165) is 44.1 Å². The molecule has 1 unspecified atom stereocenters. The van der Waals surface area contributed by atoms with Crippen LogP contribution in [0.5, 0.6) is 5.75 Å². The molecule has 1 saturated heterocycles. The van der Waals surface area contributed by atoms with Crippen LogP contribution >= 0.6 is 0 Å². The van der Waals surface area contributed by atoms with Crippen LogP contribution in [-0.4, -0.2) is 34.8 Å². The zero-order chi connectivity index (χ0) is 22.0. The highest BCUT2D eigenvalue weighted by Crippen LogP contribution is 2.43. The molecular weight excluding hydrogens is 390 g/mol. The molecule has 5 nitrogen and oxygen atoms in total. The summed E-state index contributed by atoms with van der Waals surface area (Å²) < 4.78 is 5.27. The van der Waals surface area contributed by atoms with Gasteiger partial charge in [0.2, 0.25) is 0 Å². The summed E-state index contributed by atoms with van der Waals surface area (Å²) in [4.78, 5) is 28.1.